The van der Waals surface area contributed by atoms with Gasteiger partial charge in [0.1, 0.15) is 5.02 Å². The number of halogens is 1. The third kappa shape index (κ3) is 3.59. The van der Waals surface area contributed by atoms with Crippen molar-refractivity contribution in [1.29, 1.82) is 0 Å². The van der Waals surface area contributed by atoms with Gasteiger partial charge in [-0.2, -0.15) is 0 Å². The molecule has 2 fully saturated rings. The number of piperidine rings is 1. The second kappa shape index (κ2) is 6.94. The van der Waals surface area contributed by atoms with E-state index in [4.69, 9.17) is 11.6 Å². The highest BCUT2D eigenvalue weighted by Crippen LogP contribution is 2.28. The highest BCUT2D eigenvalue weighted by molar-refractivity contribution is 6.32. The molecule has 3 rings (SSSR count). The van der Waals surface area contributed by atoms with E-state index in [1.807, 2.05) is 6.07 Å². The zero-order valence-electron chi connectivity index (χ0n) is 12.6. The predicted octanol–water partition coefficient (Wildman–Crippen LogP) is 3.21. The maximum atomic E-state index is 10.8. The van der Waals surface area contributed by atoms with E-state index in [1.54, 1.807) is 6.07 Å². The topological polar surface area (TPSA) is 58.4 Å². The Balaban J connectivity index is 1.54. The standard InChI is InChI=1S/C16H22ClN3O2/c17-14-10-12(3-4-16(14)20(21)22)11-19-8-5-13(6-9-19)15-2-1-7-18-15/h3-4,10,13,15,18H,1-2,5-9,11H2. The monoisotopic (exact) mass is 323 g/mol. The van der Waals surface area contributed by atoms with E-state index in [2.05, 4.69) is 10.2 Å². The molecule has 6 heteroatoms. The van der Waals surface area contributed by atoms with Crippen molar-refractivity contribution >= 4 is 17.3 Å². The Morgan fingerprint density at radius 3 is 2.68 bits per heavy atom. The third-order valence-corrected chi connectivity index (χ3v) is 5.22. The van der Waals surface area contributed by atoms with Crippen LogP contribution in [-0.2, 0) is 6.54 Å². The molecule has 22 heavy (non-hydrogen) atoms. The van der Waals surface area contributed by atoms with Gasteiger partial charge in [-0.3, -0.25) is 15.0 Å². The first-order chi connectivity index (χ1) is 10.6. The number of nitro groups is 1. The van der Waals surface area contributed by atoms with E-state index in [0.717, 1.165) is 37.2 Å². The molecule has 0 saturated carbocycles. The van der Waals surface area contributed by atoms with Crippen LogP contribution in [0.1, 0.15) is 31.2 Å². The lowest BCUT2D eigenvalue weighted by molar-refractivity contribution is -0.384. The molecule has 1 aromatic rings. The lowest BCUT2D eigenvalue weighted by atomic mass is 9.88. The van der Waals surface area contributed by atoms with Gasteiger partial charge in [0, 0.05) is 18.7 Å². The first-order valence-electron chi connectivity index (χ1n) is 8.02. The van der Waals surface area contributed by atoms with Crippen molar-refractivity contribution in [3.8, 4) is 0 Å². The number of nitrogens with one attached hydrogen (secondary N) is 1. The van der Waals surface area contributed by atoms with Gasteiger partial charge in [-0.05, 0) is 62.9 Å². The number of nitro benzene ring substituents is 1. The van der Waals surface area contributed by atoms with Crippen molar-refractivity contribution in [2.24, 2.45) is 5.92 Å². The van der Waals surface area contributed by atoms with Crippen LogP contribution in [0.2, 0.25) is 5.02 Å². The maximum absolute atomic E-state index is 10.8. The molecule has 0 spiro atoms. The summed E-state index contributed by atoms with van der Waals surface area (Å²) in [5.41, 5.74) is 1.03. The zero-order valence-corrected chi connectivity index (χ0v) is 13.4. The summed E-state index contributed by atoms with van der Waals surface area (Å²) in [6.07, 6.45) is 5.10. The Morgan fingerprint density at radius 2 is 2.09 bits per heavy atom. The first-order valence-corrected chi connectivity index (χ1v) is 8.40. The van der Waals surface area contributed by atoms with Crippen LogP contribution in [0.5, 0.6) is 0 Å². The molecular weight excluding hydrogens is 302 g/mol. The van der Waals surface area contributed by atoms with Crippen molar-refractivity contribution in [3.63, 3.8) is 0 Å². The molecule has 2 saturated heterocycles. The van der Waals surface area contributed by atoms with Gasteiger partial charge >= 0.3 is 0 Å². The van der Waals surface area contributed by atoms with Crippen molar-refractivity contribution in [1.82, 2.24) is 10.2 Å². The Kier molecular flexibility index (Phi) is 4.96. The fourth-order valence-corrected chi connectivity index (χ4v) is 3.95. The molecule has 1 N–H and O–H groups in total. The van der Waals surface area contributed by atoms with Crippen molar-refractivity contribution in [3.05, 3.63) is 38.9 Å². The minimum Gasteiger partial charge on any atom is -0.314 e. The Hall–Kier alpha value is -1.17. The average Bonchev–Trinajstić information content (AvgIpc) is 3.02. The van der Waals surface area contributed by atoms with Gasteiger partial charge < -0.3 is 5.32 Å². The van der Waals surface area contributed by atoms with Crippen LogP contribution in [0.3, 0.4) is 0 Å². The summed E-state index contributed by atoms with van der Waals surface area (Å²) >= 11 is 5.98. The van der Waals surface area contributed by atoms with Crippen molar-refractivity contribution in [2.75, 3.05) is 19.6 Å². The van der Waals surface area contributed by atoms with E-state index < -0.39 is 4.92 Å². The number of nitrogens with zero attached hydrogens (tertiary/aromatic N) is 2. The lowest BCUT2D eigenvalue weighted by Gasteiger charge is -2.34. The number of hydrogen-bond acceptors (Lipinski definition) is 4. The summed E-state index contributed by atoms with van der Waals surface area (Å²) in [4.78, 5) is 12.8. The fourth-order valence-electron chi connectivity index (χ4n) is 3.68. The van der Waals surface area contributed by atoms with E-state index in [1.165, 1.54) is 38.3 Å². The molecule has 1 atom stereocenters. The van der Waals surface area contributed by atoms with Gasteiger partial charge in [-0.15, -0.1) is 0 Å². The molecule has 120 valence electrons. The highest BCUT2D eigenvalue weighted by atomic mass is 35.5. The van der Waals surface area contributed by atoms with Gasteiger partial charge in [-0.1, -0.05) is 17.7 Å². The van der Waals surface area contributed by atoms with Crippen LogP contribution >= 0.6 is 11.6 Å². The van der Waals surface area contributed by atoms with Gasteiger partial charge in [0.15, 0.2) is 0 Å². The van der Waals surface area contributed by atoms with E-state index in [9.17, 15) is 10.1 Å². The van der Waals surface area contributed by atoms with Gasteiger partial charge in [-0.25, -0.2) is 0 Å². The van der Waals surface area contributed by atoms with E-state index in [0.29, 0.717) is 0 Å². The molecule has 0 aliphatic carbocycles. The smallest absolute Gasteiger partial charge is 0.287 e. The van der Waals surface area contributed by atoms with Gasteiger partial charge in [0.05, 0.1) is 4.92 Å². The maximum Gasteiger partial charge on any atom is 0.287 e. The molecule has 2 aliphatic rings. The number of benzene rings is 1. The molecular formula is C16H22ClN3O2. The number of rotatable bonds is 4. The molecule has 1 aromatic carbocycles. The summed E-state index contributed by atoms with van der Waals surface area (Å²) < 4.78 is 0. The van der Waals surface area contributed by atoms with Crippen LogP contribution in [-0.4, -0.2) is 35.5 Å². The molecule has 5 nitrogen and oxygen atoms in total. The minimum absolute atomic E-state index is 0.0172. The molecule has 2 heterocycles. The van der Waals surface area contributed by atoms with Crippen LogP contribution in [0.25, 0.3) is 0 Å². The highest BCUT2D eigenvalue weighted by Gasteiger charge is 2.28. The summed E-state index contributed by atoms with van der Waals surface area (Å²) in [6, 6.07) is 5.77. The third-order valence-electron chi connectivity index (χ3n) is 4.91. The number of likely N-dealkylation sites (tertiary alicyclic amines) is 1. The van der Waals surface area contributed by atoms with Crippen LogP contribution < -0.4 is 5.32 Å². The average molecular weight is 324 g/mol. The molecule has 0 amide bonds. The fraction of sp³-hybridized carbons (Fsp3) is 0.625. The van der Waals surface area contributed by atoms with Crippen LogP contribution in [0.4, 0.5) is 5.69 Å². The van der Waals surface area contributed by atoms with E-state index in [-0.39, 0.29) is 10.7 Å². The lowest BCUT2D eigenvalue weighted by Crippen LogP contribution is -2.40. The molecule has 0 radical (unpaired) electrons. The quantitative estimate of drug-likeness (QED) is 0.683. The Labute approximate surface area is 135 Å². The van der Waals surface area contributed by atoms with Crippen molar-refractivity contribution in [2.45, 2.75) is 38.3 Å². The van der Waals surface area contributed by atoms with E-state index >= 15 is 0 Å². The van der Waals surface area contributed by atoms with Crippen LogP contribution in [0.15, 0.2) is 18.2 Å². The SMILES string of the molecule is O=[N+]([O-])c1ccc(CN2CCC(C3CCCN3)CC2)cc1Cl. The zero-order chi connectivity index (χ0) is 15.5. The second-order valence-corrected chi connectivity index (χ2v) is 6.77. The second-order valence-electron chi connectivity index (χ2n) is 6.36. The minimum atomic E-state index is -0.438. The predicted molar refractivity (Wildman–Crippen MR) is 87.1 cm³/mol. The van der Waals surface area contributed by atoms with Crippen molar-refractivity contribution < 1.29 is 4.92 Å². The first kappa shape index (κ1) is 15.7. The summed E-state index contributed by atoms with van der Waals surface area (Å²) in [7, 11) is 0. The number of hydrogen-bond donors (Lipinski definition) is 1. The molecule has 1 unspecified atom stereocenters. The summed E-state index contributed by atoms with van der Waals surface area (Å²) in [5.74, 6) is 0.805. The normalized spacial score (nSPS) is 23.8. The Bertz CT molecular complexity index is 538. The van der Waals surface area contributed by atoms with Crippen LogP contribution in [0, 0.1) is 16.0 Å². The van der Waals surface area contributed by atoms with Gasteiger partial charge in [0.25, 0.3) is 5.69 Å². The molecule has 0 aromatic heterocycles. The Morgan fingerprint density at radius 1 is 1.32 bits per heavy atom. The summed E-state index contributed by atoms with van der Waals surface area (Å²) in [6.45, 7) is 4.18. The molecule has 2 aliphatic heterocycles. The molecule has 0 bridgehead atoms. The van der Waals surface area contributed by atoms with Gasteiger partial charge in [0.2, 0.25) is 0 Å². The largest absolute Gasteiger partial charge is 0.314 e. The summed E-state index contributed by atoms with van der Waals surface area (Å²) in [5, 5.41) is 14.6.